The van der Waals surface area contributed by atoms with Crippen LogP contribution in [0, 0.1) is 46.6 Å². The molecule has 0 saturated heterocycles. The summed E-state index contributed by atoms with van der Waals surface area (Å²) < 4.78 is 133. The molecule has 0 spiro atoms. The lowest BCUT2D eigenvalue weighted by Crippen LogP contribution is -2.25. The third-order valence-corrected chi connectivity index (χ3v) is 7.12. The summed E-state index contributed by atoms with van der Waals surface area (Å²) in [7, 11) is 0. The van der Waals surface area contributed by atoms with E-state index >= 15 is 8.78 Å². The van der Waals surface area contributed by atoms with Crippen molar-refractivity contribution >= 4 is 0 Å². The molecule has 1 atom stereocenters. The highest BCUT2D eigenvalue weighted by molar-refractivity contribution is 5.73. The molecular formula is C31H21F9O. The van der Waals surface area contributed by atoms with Gasteiger partial charge in [0.15, 0.2) is 17.5 Å². The zero-order chi connectivity index (χ0) is 29.6. The van der Waals surface area contributed by atoms with Crippen molar-refractivity contribution in [3.8, 4) is 28.0 Å². The van der Waals surface area contributed by atoms with Crippen LogP contribution in [0.2, 0.25) is 0 Å². The topological polar surface area (TPSA) is 9.23 Å². The summed E-state index contributed by atoms with van der Waals surface area (Å²) in [6.07, 6.45) is -0.946. The first-order valence-corrected chi connectivity index (χ1v) is 12.7. The van der Waals surface area contributed by atoms with Gasteiger partial charge < -0.3 is 4.74 Å². The van der Waals surface area contributed by atoms with Gasteiger partial charge in [-0.3, -0.25) is 0 Å². The molecule has 0 N–H and O–H groups in total. The number of hydrogen-bond donors (Lipinski definition) is 0. The molecule has 10 heteroatoms. The Labute approximate surface area is 229 Å². The van der Waals surface area contributed by atoms with Crippen molar-refractivity contribution in [3.63, 3.8) is 0 Å². The first-order chi connectivity index (χ1) is 19.4. The molecule has 0 radical (unpaired) electrons. The molecule has 4 aromatic carbocycles. The fraction of sp³-hybridized carbons (Fsp3) is 0.226. The molecule has 5 rings (SSSR count). The van der Waals surface area contributed by atoms with Crippen molar-refractivity contribution in [2.45, 2.75) is 38.7 Å². The summed E-state index contributed by atoms with van der Waals surface area (Å²) in [6.45, 7) is 2.10. The van der Waals surface area contributed by atoms with Crippen molar-refractivity contribution in [1.82, 2.24) is 0 Å². The minimum absolute atomic E-state index is 0.0628. The third kappa shape index (κ3) is 5.52. The molecular weight excluding hydrogens is 559 g/mol. The lowest BCUT2D eigenvalue weighted by atomic mass is 9.96. The average molecular weight is 580 g/mol. The van der Waals surface area contributed by atoms with Crippen molar-refractivity contribution in [2.75, 3.05) is 0 Å². The molecule has 1 nitrogen and oxygen atoms in total. The average Bonchev–Trinajstić information content (AvgIpc) is 3.28. The van der Waals surface area contributed by atoms with Crippen LogP contribution in [-0.4, -0.2) is 0 Å². The Bertz CT molecular complexity index is 1580. The highest BCUT2D eigenvalue weighted by Crippen LogP contribution is 2.40. The van der Waals surface area contributed by atoms with Gasteiger partial charge in [0.05, 0.1) is 5.56 Å². The summed E-state index contributed by atoms with van der Waals surface area (Å²) in [5.74, 6) is -12.7. The SMILES string of the molecule is CCCC1Cc2ccc(-c3cc(F)c(-c4cc(F)c(C(F)(F)Oc5cc(F)c(F)c(F)c5)c(F)c4)c(F)c3)cc2C1. The summed E-state index contributed by atoms with van der Waals surface area (Å²) in [4.78, 5) is 0. The van der Waals surface area contributed by atoms with Crippen molar-refractivity contribution in [3.05, 3.63) is 112 Å². The molecule has 1 aliphatic carbocycles. The van der Waals surface area contributed by atoms with E-state index in [9.17, 15) is 30.7 Å². The molecule has 0 aromatic heterocycles. The van der Waals surface area contributed by atoms with Crippen LogP contribution in [0.25, 0.3) is 22.3 Å². The summed E-state index contributed by atoms with van der Waals surface area (Å²) in [6, 6.07) is 8.16. The van der Waals surface area contributed by atoms with Gasteiger partial charge >= 0.3 is 6.11 Å². The van der Waals surface area contributed by atoms with Gasteiger partial charge in [0.1, 0.15) is 34.6 Å². The number of fused-ring (bicyclic) bond motifs is 1. The predicted molar refractivity (Wildman–Crippen MR) is 134 cm³/mol. The number of hydrogen-bond acceptors (Lipinski definition) is 1. The molecule has 0 heterocycles. The van der Waals surface area contributed by atoms with Crippen LogP contribution in [0.5, 0.6) is 5.75 Å². The second kappa shape index (κ2) is 10.8. The van der Waals surface area contributed by atoms with E-state index in [0.29, 0.717) is 11.5 Å². The fourth-order valence-electron chi connectivity index (χ4n) is 5.30. The number of ether oxygens (including phenoxy) is 1. The largest absolute Gasteiger partial charge is 0.432 e. The van der Waals surface area contributed by atoms with E-state index in [4.69, 9.17) is 0 Å². The highest BCUT2D eigenvalue weighted by Gasteiger charge is 2.42. The maximum atomic E-state index is 15.2. The number of benzene rings is 4. The van der Waals surface area contributed by atoms with Crippen molar-refractivity contribution < 1.29 is 44.3 Å². The molecule has 1 unspecified atom stereocenters. The Morgan fingerprint density at radius 3 is 1.80 bits per heavy atom. The van der Waals surface area contributed by atoms with E-state index in [1.165, 1.54) is 5.56 Å². The van der Waals surface area contributed by atoms with E-state index in [-0.39, 0.29) is 29.8 Å². The standard InChI is InChI=1S/C31H21F9O/c1-2-3-15-6-16-4-5-17(8-18(16)7-15)19-9-22(32)28(23(33)10-19)20-11-24(34)29(25(35)12-20)31(39,40)41-21-13-26(36)30(38)27(37)14-21/h4-5,8-15H,2-3,6-7H2,1H3. The third-order valence-electron chi connectivity index (χ3n) is 7.12. The maximum Gasteiger partial charge on any atom is 0.432 e. The normalized spacial score (nSPS) is 14.8. The van der Waals surface area contributed by atoms with E-state index in [1.54, 1.807) is 6.07 Å². The Hall–Kier alpha value is -3.95. The lowest BCUT2D eigenvalue weighted by molar-refractivity contribution is -0.189. The van der Waals surface area contributed by atoms with Crippen LogP contribution in [-0.2, 0) is 19.0 Å². The molecule has 214 valence electrons. The molecule has 0 saturated carbocycles. The number of rotatable bonds is 7. The number of halogens is 9. The van der Waals surface area contributed by atoms with Crippen LogP contribution in [0.3, 0.4) is 0 Å². The molecule has 41 heavy (non-hydrogen) atoms. The van der Waals surface area contributed by atoms with Gasteiger partial charge in [-0.1, -0.05) is 38.0 Å². The van der Waals surface area contributed by atoms with E-state index in [1.807, 2.05) is 12.1 Å². The Morgan fingerprint density at radius 2 is 1.22 bits per heavy atom. The Balaban J connectivity index is 1.45. The van der Waals surface area contributed by atoms with Gasteiger partial charge in [-0.2, -0.15) is 8.78 Å². The van der Waals surface area contributed by atoms with Gasteiger partial charge in [-0.25, -0.2) is 30.7 Å². The maximum absolute atomic E-state index is 15.2. The first-order valence-electron chi connectivity index (χ1n) is 12.7. The predicted octanol–water partition coefficient (Wildman–Crippen LogP) is 9.64. The van der Waals surface area contributed by atoms with Gasteiger partial charge in [-0.15, -0.1) is 0 Å². The minimum Gasteiger partial charge on any atom is -0.429 e. The quantitative estimate of drug-likeness (QED) is 0.156. The summed E-state index contributed by atoms with van der Waals surface area (Å²) >= 11 is 0. The zero-order valence-corrected chi connectivity index (χ0v) is 21.4. The second-order valence-electron chi connectivity index (χ2n) is 10.00. The van der Waals surface area contributed by atoms with Gasteiger partial charge in [-0.05, 0) is 70.8 Å². The lowest BCUT2D eigenvalue weighted by Gasteiger charge is -2.20. The fourth-order valence-corrected chi connectivity index (χ4v) is 5.30. The molecule has 4 aromatic rings. The van der Waals surface area contributed by atoms with Crippen LogP contribution in [0.4, 0.5) is 39.5 Å². The van der Waals surface area contributed by atoms with Crippen molar-refractivity contribution in [2.24, 2.45) is 5.92 Å². The molecule has 1 aliphatic rings. The first kappa shape index (κ1) is 28.6. The van der Waals surface area contributed by atoms with Gasteiger partial charge in [0.2, 0.25) is 0 Å². The van der Waals surface area contributed by atoms with Crippen LogP contribution in [0.1, 0.15) is 36.5 Å². The van der Waals surface area contributed by atoms with E-state index in [2.05, 4.69) is 11.7 Å². The molecule has 0 aliphatic heterocycles. The zero-order valence-electron chi connectivity index (χ0n) is 21.4. The van der Waals surface area contributed by atoms with Gasteiger partial charge in [0.25, 0.3) is 0 Å². The monoisotopic (exact) mass is 580 g/mol. The molecule has 0 amide bonds. The Morgan fingerprint density at radius 1 is 0.659 bits per heavy atom. The van der Waals surface area contributed by atoms with Crippen LogP contribution >= 0.6 is 0 Å². The highest BCUT2D eigenvalue weighted by atomic mass is 19.3. The van der Waals surface area contributed by atoms with E-state index in [0.717, 1.165) is 43.4 Å². The second-order valence-corrected chi connectivity index (χ2v) is 10.00. The van der Waals surface area contributed by atoms with Crippen LogP contribution < -0.4 is 4.74 Å². The minimum atomic E-state index is -4.84. The van der Waals surface area contributed by atoms with Crippen LogP contribution in [0.15, 0.2) is 54.6 Å². The molecule has 0 bridgehead atoms. The smallest absolute Gasteiger partial charge is 0.429 e. The summed E-state index contributed by atoms with van der Waals surface area (Å²) in [5, 5.41) is 0. The summed E-state index contributed by atoms with van der Waals surface area (Å²) in [5.41, 5.74) is -0.565. The Kier molecular flexibility index (Phi) is 7.52. The van der Waals surface area contributed by atoms with E-state index < -0.39 is 69.3 Å². The van der Waals surface area contributed by atoms with Gasteiger partial charge in [0, 0.05) is 12.1 Å². The molecule has 0 fully saturated rings. The van der Waals surface area contributed by atoms with Crippen molar-refractivity contribution in [1.29, 1.82) is 0 Å². The number of alkyl halides is 2.